The van der Waals surface area contributed by atoms with Gasteiger partial charge < -0.3 is 15.7 Å². The van der Waals surface area contributed by atoms with E-state index in [1.165, 1.54) is 34.6 Å². The molecule has 0 saturated heterocycles. The Labute approximate surface area is 214 Å². The lowest BCUT2D eigenvalue weighted by Crippen LogP contribution is -2.37. The molecule has 7 heteroatoms. The van der Waals surface area contributed by atoms with Gasteiger partial charge in [-0.2, -0.15) is 0 Å². The molecule has 0 aliphatic rings. The summed E-state index contributed by atoms with van der Waals surface area (Å²) in [6.07, 6.45) is -0.632. The average Bonchev–Trinajstić information content (AvgIpc) is 3.33. The monoisotopic (exact) mass is 508 g/mol. The third kappa shape index (κ3) is 9.00. The van der Waals surface area contributed by atoms with Gasteiger partial charge in [-0.1, -0.05) is 60.2 Å². The molecule has 1 aromatic heterocycles. The molecule has 0 aliphatic heterocycles. The summed E-state index contributed by atoms with van der Waals surface area (Å²) in [6, 6.07) is 23.5. The van der Waals surface area contributed by atoms with Crippen LogP contribution in [0.5, 0.6) is 0 Å². The average molecular weight is 509 g/mol. The smallest absolute Gasteiger partial charge is 0.261 e. The molecule has 188 valence electrons. The first-order chi connectivity index (χ1) is 17.3. The molecule has 0 radical (unpaired) electrons. The molecule has 0 bridgehead atoms. The van der Waals surface area contributed by atoms with Crippen LogP contribution in [0.25, 0.3) is 11.1 Å². The molecule has 36 heavy (non-hydrogen) atoms. The Morgan fingerprint density at radius 2 is 1.58 bits per heavy atom. The molecular formula is C29H30F2N2O2S. The maximum absolute atomic E-state index is 12.3. The number of carbonyl (C=O) groups is 1. The second kappa shape index (κ2) is 13.6. The fraction of sp³-hybridized carbons (Fsp3) is 0.207. The maximum atomic E-state index is 12.3. The minimum atomic E-state index is -0.632. The minimum absolute atomic E-state index is 0.153. The topological polar surface area (TPSA) is 61.4 Å². The van der Waals surface area contributed by atoms with Gasteiger partial charge in [0.15, 0.2) is 0 Å². The van der Waals surface area contributed by atoms with Gasteiger partial charge in [-0.25, -0.2) is 8.78 Å². The first kappa shape index (κ1) is 27.2. The highest BCUT2D eigenvalue weighted by molar-refractivity contribution is 7.12. The number of hydrogen-bond acceptors (Lipinski definition) is 4. The van der Waals surface area contributed by atoms with Crippen molar-refractivity contribution in [2.24, 2.45) is 0 Å². The van der Waals surface area contributed by atoms with Crippen molar-refractivity contribution in [3.63, 3.8) is 0 Å². The van der Waals surface area contributed by atoms with E-state index in [0.717, 1.165) is 17.2 Å². The number of rotatable bonds is 8. The maximum Gasteiger partial charge on any atom is 0.261 e. The molecule has 0 saturated carbocycles. The van der Waals surface area contributed by atoms with Crippen LogP contribution in [0.4, 0.5) is 8.78 Å². The van der Waals surface area contributed by atoms with E-state index < -0.39 is 17.7 Å². The van der Waals surface area contributed by atoms with E-state index in [4.69, 9.17) is 0 Å². The number of aryl methyl sites for hydroxylation is 2. The Kier molecular flexibility index (Phi) is 10.3. The van der Waals surface area contributed by atoms with Crippen LogP contribution in [0, 0.1) is 25.5 Å². The largest absolute Gasteiger partial charge is 0.390 e. The van der Waals surface area contributed by atoms with Crippen LogP contribution >= 0.6 is 11.3 Å². The van der Waals surface area contributed by atoms with Gasteiger partial charge in [0.25, 0.3) is 5.91 Å². The summed E-state index contributed by atoms with van der Waals surface area (Å²) in [6.45, 7) is 5.04. The highest BCUT2D eigenvalue weighted by Gasteiger charge is 2.12. The third-order valence-electron chi connectivity index (χ3n) is 5.23. The van der Waals surface area contributed by atoms with E-state index >= 15 is 0 Å². The first-order valence-electron chi connectivity index (χ1n) is 11.6. The fourth-order valence-corrected chi connectivity index (χ4v) is 4.34. The zero-order valence-electron chi connectivity index (χ0n) is 20.3. The summed E-state index contributed by atoms with van der Waals surface area (Å²) in [5.41, 5.74) is 5.12. The zero-order chi connectivity index (χ0) is 25.9. The first-order valence-corrected chi connectivity index (χ1v) is 12.5. The van der Waals surface area contributed by atoms with Gasteiger partial charge in [-0.15, -0.1) is 11.3 Å². The molecule has 3 N–H and O–H groups in total. The summed E-state index contributed by atoms with van der Waals surface area (Å²) in [4.78, 5) is 12.9. The summed E-state index contributed by atoms with van der Waals surface area (Å²) in [5, 5.41) is 18.1. The molecule has 4 aromatic rings. The second-order valence-corrected chi connectivity index (χ2v) is 9.41. The van der Waals surface area contributed by atoms with Crippen LogP contribution in [0.2, 0.25) is 0 Å². The molecule has 0 spiro atoms. The lowest BCUT2D eigenvalue weighted by Gasteiger charge is -2.13. The van der Waals surface area contributed by atoms with Crippen LogP contribution in [-0.4, -0.2) is 30.2 Å². The lowest BCUT2D eigenvalue weighted by molar-refractivity contribution is 0.0919. The molecule has 0 aliphatic carbocycles. The summed E-state index contributed by atoms with van der Waals surface area (Å²) in [5.74, 6) is -1.19. The summed E-state index contributed by atoms with van der Waals surface area (Å²) >= 11 is 1.41. The van der Waals surface area contributed by atoms with Crippen LogP contribution in [0.1, 0.15) is 26.4 Å². The lowest BCUT2D eigenvalue weighted by atomic mass is 10.1. The highest BCUT2D eigenvalue weighted by Crippen LogP contribution is 2.25. The SMILES string of the molecule is Cc1cc(F)cc(F)c1.Cc1cccc(CNCC(O)CNC(=O)c2cc(-c3ccccc3)cs2)c1. The van der Waals surface area contributed by atoms with Gasteiger partial charge in [-0.05, 0) is 59.7 Å². The predicted molar refractivity (Wildman–Crippen MR) is 142 cm³/mol. The van der Waals surface area contributed by atoms with Crippen molar-refractivity contribution in [1.29, 1.82) is 0 Å². The van der Waals surface area contributed by atoms with Gasteiger partial charge in [0.1, 0.15) is 11.6 Å². The van der Waals surface area contributed by atoms with Crippen molar-refractivity contribution in [2.75, 3.05) is 13.1 Å². The van der Waals surface area contributed by atoms with E-state index in [-0.39, 0.29) is 12.5 Å². The number of aliphatic hydroxyl groups is 1. The number of benzene rings is 3. The van der Waals surface area contributed by atoms with Crippen molar-refractivity contribution in [2.45, 2.75) is 26.5 Å². The number of hydrogen-bond donors (Lipinski definition) is 3. The fourth-order valence-electron chi connectivity index (χ4n) is 3.50. The highest BCUT2D eigenvalue weighted by atomic mass is 32.1. The molecule has 0 fully saturated rings. The summed E-state index contributed by atoms with van der Waals surface area (Å²) in [7, 11) is 0. The number of nitrogens with one attached hydrogen (secondary N) is 2. The Morgan fingerprint density at radius 3 is 2.25 bits per heavy atom. The zero-order valence-corrected chi connectivity index (χ0v) is 21.1. The standard InChI is InChI=1S/C22H24N2O2S.C7H6F2/c1-16-6-5-7-17(10-16)12-23-13-20(25)14-24-22(26)21-11-19(15-27-21)18-8-3-2-4-9-18;1-5-2-6(8)4-7(9)3-5/h2-11,15,20,23,25H,12-14H2,1H3,(H,24,26);2-4H,1H3. The molecular weight excluding hydrogens is 478 g/mol. The van der Waals surface area contributed by atoms with Crippen molar-refractivity contribution in [3.05, 3.63) is 117 Å². The van der Waals surface area contributed by atoms with E-state index in [1.807, 2.05) is 47.8 Å². The number of amides is 1. The molecule has 1 unspecified atom stereocenters. The van der Waals surface area contributed by atoms with E-state index in [1.54, 1.807) is 6.92 Å². The summed E-state index contributed by atoms with van der Waals surface area (Å²) < 4.78 is 24.4. The van der Waals surface area contributed by atoms with Gasteiger partial charge >= 0.3 is 0 Å². The normalized spacial score (nSPS) is 11.4. The van der Waals surface area contributed by atoms with Gasteiger partial charge in [-0.3, -0.25) is 4.79 Å². The quantitative estimate of drug-likeness (QED) is 0.279. The van der Waals surface area contributed by atoms with Crippen LogP contribution in [0.3, 0.4) is 0 Å². The van der Waals surface area contributed by atoms with Crippen LogP contribution < -0.4 is 10.6 Å². The van der Waals surface area contributed by atoms with E-state index in [2.05, 4.69) is 35.8 Å². The number of carbonyl (C=O) groups excluding carboxylic acids is 1. The van der Waals surface area contributed by atoms with Crippen molar-refractivity contribution in [1.82, 2.24) is 10.6 Å². The second-order valence-electron chi connectivity index (χ2n) is 8.50. The van der Waals surface area contributed by atoms with E-state index in [9.17, 15) is 18.7 Å². The van der Waals surface area contributed by atoms with E-state index in [0.29, 0.717) is 23.5 Å². The Morgan fingerprint density at radius 1 is 0.861 bits per heavy atom. The molecule has 4 nitrogen and oxygen atoms in total. The van der Waals surface area contributed by atoms with Crippen LogP contribution in [-0.2, 0) is 6.54 Å². The van der Waals surface area contributed by atoms with Crippen LogP contribution in [0.15, 0.2) is 84.2 Å². The number of thiophene rings is 1. The predicted octanol–water partition coefficient (Wildman–Crippen LogP) is 5.88. The molecule has 4 rings (SSSR count). The molecule has 3 aromatic carbocycles. The van der Waals surface area contributed by atoms with Gasteiger partial charge in [0, 0.05) is 25.7 Å². The van der Waals surface area contributed by atoms with Crippen molar-refractivity contribution in [3.8, 4) is 11.1 Å². The van der Waals surface area contributed by atoms with Crippen molar-refractivity contribution >= 4 is 17.2 Å². The van der Waals surface area contributed by atoms with Gasteiger partial charge in [0.05, 0.1) is 11.0 Å². The molecule has 1 atom stereocenters. The number of halogens is 2. The Bertz CT molecular complexity index is 1210. The minimum Gasteiger partial charge on any atom is -0.390 e. The van der Waals surface area contributed by atoms with Gasteiger partial charge in [0.2, 0.25) is 0 Å². The number of aliphatic hydroxyl groups excluding tert-OH is 1. The molecule has 1 heterocycles. The molecule has 1 amide bonds. The Balaban J connectivity index is 0.000000338. The Hall–Kier alpha value is -3.39. The third-order valence-corrected chi connectivity index (χ3v) is 6.16. The van der Waals surface area contributed by atoms with Crippen molar-refractivity contribution < 1.29 is 18.7 Å².